The lowest BCUT2D eigenvalue weighted by Crippen LogP contribution is -2.17. The van der Waals surface area contributed by atoms with Crippen LogP contribution in [0.25, 0.3) is 5.78 Å². The second-order valence-corrected chi connectivity index (χ2v) is 2.14. The molecule has 6 heteroatoms. The van der Waals surface area contributed by atoms with Crippen LogP contribution >= 0.6 is 0 Å². The molecule has 0 aromatic carbocycles. The Hall–Kier alpha value is -1.72. The van der Waals surface area contributed by atoms with Crippen molar-refractivity contribution in [2.24, 2.45) is 0 Å². The molecule has 2 rings (SSSR count). The van der Waals surface area contributed by atoms with Crippen LogP contribution < -0.4 is 5.56 Å². The molecule has 0 saturated heterocycles. The maximum absolute atomic E-state index is 11.2. The van der Waals surface area contributed by atoms with Gasteiger partial charge < -0.3 is 0 Å². The Morgan fingerprint density at radius 3 is 3.18 bits per heavy atom. The van der Waals surface area contributed by atoms with Crippen molar-refractivity contribution >= 4 is 5.78 Å². The highest BCUT2D eigenvalue weighted by Crippen LogP contribution is 1.85. The van der Waals surface area contributed by atoms with Gasteiger partial charge >= 0.3 is 0 Å². The molecule has 0 bridgehead atoms. The highest BCUT2D eigenvalue weighted by molar-refractivity contribution is 5.21. The van der Waals surface area contributed by atoms with Gasteiger partial charge in [0, 0.05) is 0 Å². The number of hydrogen-bond donors (Lipinski definition) is 1. The van der Waals surface area contributed by atoms with E-state index in [2.05, 4.69) is 20.4 Å². The molecule has 2 aromatic rings. The summed E-state index contributed by atoms with van der Waals surface area (Å²) in [5.41, 5.74) is 0.174. The van der Waals surface area contributed by atoms with Crippen LogP contribution in [0.1, 0.15) is 5.69 Å². The van der Waals surface area contributed by atoms with Crippen LogP contribution in [0.15, 0.2) is 11.1 Å². The van der Waals surface area contributed by atoms with Gasteiger partial charge in [0.1, 0.15) is 12.0 Å². The molecule has 0 unspecified atom stereocenters. The van der Waals surface area contributed by atoms with Crippen LogP contribution in [0.4, 0.5) is 0 Å². The summed E-state index contributed by atoms with van der Waals surface area (Å²) in [6, 6.07) is 0. The Morgan fingerprint density at radius 2 is 2.36 bits per heavy atom. The lowest BCUT2D eigenvalue weighted by atomic mass is 10.5. The van der Waals surface area contributed by atoms with Gasteiger partial charge in [-0.3, -0.25) is 4.79 Å². The fraction of sp³-hybridized carbons (Fsp3) is 0.200. The molecule has 1 N–H and O–H groups in total. The Balaban J connectivity index is 3.05. The van der Waals surface area contributed by atoms with Crippen molar-refractivity contribution in [3.63, 3.8) is 0 Å². The van der Waals surface area contributed by atoms with Crippen molar-refractivity contribution in [2.75, 3.05) is 0 Å². The van der Waals surface area contributed by atoms with Crippen LogP contribution in [0.2, 0.25) is 0 Å². The SMILES string of the molecule is Cc1nnc2[nH]ncn2c1=O. The number of rotatable bonds is 0. The summed E-state index contributed by atoms with van der Waals surface area (Å²) in [7, 11) is 0. The van der Waals surface area contributed by atoms with Crippen LogP contribution in [0.5, 0.6) is 0 Å². The molecule has 0 aliphatic rings. The number of hydrogen-bond acceptors (Lipinski definition) is 4. The summed E-state index contributed by atoms with van der Waals surface area (Å²) >= 11 is 0. The van der Waals surface area contributed by atoms with Crippen molar-refractivity contribution in [3.8, 4) is 0 Å². The zero-order chi connectivity index (χ0) is 7.84. The van der Waals surface area contributed by atoms with E-state index in [9.17, 15) is 4.79 Å². The van der Waals surface area contributed by atoms with Gasteiger partial charge in [0.25, 0.3) is 11.3 Å². The van der Waals surface area contributed by atoms with E-state index in [0.29, 0.717) is 11.5 Å². The van der Waals surface area contributed by atoms with Crippen LogP contribution in [-0.4, -0.2) is 24.8 Å². The minimum Gasteiger partial charge on any atom is -0.267 e. The van der Waals surface area contributed by atoms with Gasteiger partial charge in [-0.25, -0.2) is 9.50 Å². The molecule has 0 aliphatic heterocycles. The van der Waals surface area contributed by atoms with Crippen LogP contribution in [0, 0.1) is 6.92 Å². The predicted octanol–water partition coefficient (Wildman–Crippen LogP) is -0.879. The zero-order valence-corrected chi connectivity index (χ0v) is 5.77. The lowest BCUT2D eigenvalue weighted by Gasteiger charge is -1.88. The Morgan fingerprint density at radius 1 is 1.55 bits per heavy atom. The number of nitrogens with one attached hydrogen (secondary N) is 1. The summed E-state index contributed by atoms with van der Waals surface area (Å²) in [4.78, 5) is 11.2. The average molecular weight is 151 g/mol. The molecule has 0 spiro atoms. The molecule has 11 heavy (non-hydrogen) atoms. The van der Waals surface area contributed by atoms with E-state index < -0.39 is 0 Å². The summed E-state index contributed by atoms with van der Waals surface area (Å²) in [6.07, 6.45) is 1.37. The first-order valence-corrected chi connectivity index (χ1v) is 3.04. The molecule has 0 fully saturated rings. The van der Waals surface area contributed by atoms with E-state index in [1.807, 2.05) is 0 Å². The van der Waals surface area contributed by atoms with Gasteiger partial charge in [-0.15, -0.1) is 10.2 Å². The largest absolute Gasteiger partial charge is 0.282 e. The fourth-order valence-electron chi connectivity index (χ4n) is 0.812. The number of aromatic amines is 1. The summed E-state index contributed by atoms with van der Waals surface area (Å²) in [5.74, 6) is 0.362. The van der Waals surface area contributed by atoms with Crippen molar-refractivity contribution in [2.45, 2.75) is 6.92 Å². The molecule has 2 aromatic heterocycles. The first kappa shape index (κ1) is 6.02. The maximum Gasteiger partial charge on any atom is 0.282 e. The Bertz CT molecular complexity index is 441. The normalized spacial score (nSPS) is 10.6. The molecule has 2 heterocycles. The van der Waals surface area contributed by atoms with E-state index in [1.165, 1.54) is 10.7 Å². The van der Waals surface area contributed by atoms with Crippen molar-refractivity contribution < 1.29 is 0 Å². The number of H-pyrrole nitrogens is 1. The average Bonchev–Trinajstić information content (AvgIpc) is 2.45. The van der Waals surface area contributed by atoms with Gasteiger partial charge in [0.15, 0.2) is 0 Å². The first-order valence-electron chi connectivity index (χ1n) is 3.04. The van der Waals surface area contributed by atoms with E-state index in [0.717, 1.165) is 0 Å². The second kappa shape index (κ2) is 1.88. The predicted molar refractivity (Wildman–Crippen MR) is 36.1 cm³/mol. The molecule has 6 nitrogen and oxygen atoms in total. The van der Waals surface area contributed by atoms with Crippen molar-refractivity contribution in [3.05, 3.63) is 22.4 Å². The fourth-order valence-corrected chi connectivity index (χ4v) is 0.812. The van der Waals surface area contributed by atoms with Gasteiger partial charge in [0.05, 0.1) is 0 Å². The smallest absolute Gasteiger partial charge is 0.267 e. The third-order valence-corrected chi connectivity index (χ3v) is 1.39. The van der Waals surface area contributed by atoms with Crippen LogP contribution in [-0.2, 0) is 0 Å². The molecular formula is C5H5N5O. The van der Waals surface area contributed by atoms with Gasteiger partial charge in [-0.1, -0.05) is 0 Å². The van der Waals surface area contributed by atoms with E-state index in [4.69, 9.17) is 0 Å². The molecule has 0 radical (unpaired) electrons. The Labute approximate surface area is 60.9 Å². The zero-order valence-electron chi connectivity index (χ0n) is 5.77. The molecular weight excluding hydrogens is 146 g/mol. The lowest BCUT2D eigenvalue weighted by molar-refractivity contribution is 0.890. The van der Waals surface area contributed by atoms with E-state index >= 15 is 0 Å². The molecule has 0 aliphatic carbocycles. The third-order valence-electron chi connectivity index (χ3n) is 1.39. The molecule has 0 saturated carbocycles. The monoisotopic (exact) mass is 151 g/mol. The standard InChI is InChI=1S/C5H5N5O/c1-3-4(11)10-2-6-8-5(10)9-7-3/h2H,1H3,(H,8,9). The number of nitrogens with zero attached hydrogens (tertiary/aromatic N) is 4. The summed E-state index contributed by atoms with van der Waals surface area (Å²) in [5, 5.41) is 13.5. The molecule has 0 amide bonds. The van der Waals surface area contributed by atoms with Gasteiger partial charge in [-0.05, 0) is 6.92 Å². The van der Waals surface area contributed by atoms with Gasteiger partial charge in [-0.2, -0.15) is 5.10 Å². The first-order chi connectivity index (χ1) is 5.29. The minimum atomic E-state index is -0.191. The number of aryl methyl sites for hydroxylation is 1. The van der Waals surface area contributed by atoms with Crippen LogP contribution in [0.3, 0.4) is 0 Å². The van der Waals surface area contributed by atoms with Crippen molar-refractivity contribution in [1.29, 1.82) is 0 Å². The van der Waals surface area contributed by atoms with Crippen molar-refractivity contribution in [1.82, 2.24) is 24.8 Å². The highest BCUT2D eigenvalue weighted by atomic mass is 16.1. The third kappa shape index (κ3) is 0.721. The van der Waals surface area contributed by atoms with E-state index in [-0.39, 0.29) is 5.56 Å². The van der Waals surface area contributed by atoms with E-state index in [1.54, 1.807) is 6.92 Å². The Kier molecular flexibility index (Phi) is 1.03. The highest BCUT2D eigenvalue weighted by Gasteiger charge is 2.01. The van der Waals surface area contributed by atoms with Gasteiger partial charge in [0.2, 0.25) is 0 Å². The maximum atomic E-state index is 11.2. The number of fused-ring (bicyclic) bond motifs is 1. The quantitative estimate of drug-likeness (QED) is 0.530. The molecule has 0 atom stereocenters. The second-order valence-electron chi connectivity index (χ2n) is 2.14. The summed E-state index contributed by atoms with van der Waals surface area (Å²) < 4.78 is 1.31. The number of aromatic nitrogens is 5. The summed E-state index contributed by atoms with van der Waals surface area (Å²) in [6.45, 7) is 1.61. The topological polar surface area (TPSA) is 75.9 Å². The minimum absolute atomic E-state index is 0.191. The molecule has 56 valence electrons.